The Morgan fingerprint density at radius 2 is 1.67 bits per heavy atom. The van der Waals surface area contributed by atoms with Crippen LogP contribution in [0.25, 0.3) is 0 Å². The Balaban J connectivity index is 1.41. The lowest BCUT2D eigenvalue weighted by Gasteiger charge is -2.41. The van der Waals surface area contributed by atoms with E-state index >= 15 is 0 Å². The van der Waals surface area contributed by atoms with E-state index in [2.05, 4.69) is 10.2 Å². The van der Waals surface area contributed by atoms with Crippen molar-refractivity contribution in [3.8, 4) is 5.75 Å². The first-order valence-corrected chi connectivity index (χ1v) is 13.6. The minimum atomic E-state index is -3.22. The first-order valence-electron chi connectivity index (χ1n) is 11.0. The maximum atomic E-state index is 13.1. The SMILES string of the molecule is CC(C)(Oc1ccc(Cl)cc1Cl)C(=O)NC1C[C@H]2CC[C@@H](C1)N2c1ccc(S(C)(=O)=O)cc1. The number of carbonyl (C=O) groups is 1. The summed E-state index contributed by atoms with van der Waals surface area (Å²) < 4.78 is 29.4. The van der Waals surface area contributed by atoms with E-state index in [0.29, 0.717) is 32.8 Å². The molecule has 0 aromatic heterocycles. The Bertz CT molecular complexity index is 1140. The Kier molecular flexibility index (Phi) is 6.60. The molecule has 2 saturated heterocycles. The number of anilines is 1. The molecule has 0 aliphatic carbocycles. The van der Waals surface area contributed by atoms with Crippen molar-refractivity contribution in [2.75, 3.05) is 11.2 Å². The molecule has 2 bridgehead atoms. The van der Waals surface area contributed by atoms with Crippen LogP contribution in [0.2, 0.25) is 10.0 Å². The van der Waals surface area contributed by atoms with E-state index in [1.807, 2.05) is 12.1 Å². The number of sulfone groups is 1. The lowest BCUT2D eigenvalue weighted by molar-refractivity contribution is -0.135. The van der Waals surface area contributed by atoms with Crippen LogP contribution in [0.15, 0.2) is 47.4 Å². The van der Waals surface area contributed by atoms with Crippen LogP contribution in [0.4, 0.5) is 5.69 Å². The summed E-state index contributed by atoms with van der Waals surface area (Å²) in [6, 6.07) is 12.7. The van der Waals surface area contributed by atoms with E-state index in [1.165, 1.54) is 6.26 Å². The molecule has 1 N–H and O–H groups in total. The summed E-state index contributed by atoms with van der Waals surface area (Å²) in [5.74, 6) is 0.220. The van der Waals surface area contributed by atoms with E-state index < -0.39 is 15.4 Å². The van der Waals surface area contributed by atoms with Crippen molar-refractivity contribution in [1.82, 2.24) is 5.32 Å². The number of hydrogen-bond acceptors (Lipinski definition) is 5. The molecule has 2 heterocycles. The van der Waals surface area contributed by atoms with Crippen LogP contribution in [0.1, 0.15) is 39.5 Å². The van der Waals surface area contributed by atoms with E-state index in [-0.39, 0.29) is 11.9 Å². The first-order chi connectivity index (χ1) is 15.4. The summed E-state index contributed by atoms with van der Waals surface area (Å²) in [5.41, 5.74) is -0.0736. The molecule has 1 unspecified atom stereocenters. The van der Waals surface area contributed by atoms with Gasteiger partial charge in [-0.25, -0.2) is 8.42 Å². The van der Waals surface area contributed by atoms with Crippen molar-refractivity contribution in [3.05, 3.63) is 52.5 Å². The van der Waals surface area contributed by atoms with Gasteiger partial charge in [0.05, 0.1) is 9.92 Å². The van der Waals surface area contributed by atoms with E-state index in [0.717, 1.165) is 31.4 Å². The fourth-order valence-corrected chi connectivity index (χ4v) is 5.90. The van der Waals surface area contributed by atoms with Crippen LogP contribution in [0.3, 0.4) is 0 Å². The van der Waals surface area contributed by atoms with Crippen LogP contribution in [0.5, 0.6) is 5.75 Å². The fraction of sp³-hybridized carbons (Fsp3) is 0.458. The highest BCUT2D eigenvalue weighted by Crippen LogP contribution is 2.40. The number of benzene rings is 2. The molecule has 6 nitrogen and oxygen atoms in total. The molecule has 0 saturated carbocycles. The normalized spacial score (nSPS) is 22.8. The first kappa shape index (κ1) is 24.2. The molecular weight excluding hydrogens is 483 g/mol. The van der Waals surface area contributed by atoms with Crippen molar-refractivity contribution in [2.24, 2.45) is 0 Å². The third-order valence-corrected chi connectivity index (χ3v) is 8.10. The van der Waals surface area contributed by atoms with Crippen molar-refractivity contribution in [3.63, 3.8) is 0 Å². The molecule has 0 spiro atoms. The van der Waals surface area contributed by atoms with Gasteiger partial charge in [0.1, 0.15) is 5.75 Å². The number of amides is 1. The zero-order valence-corrected chi connectivity index (χ0v) is 21.2. The Morgan fingerprint density at radius 3 is 2.21 bits per heavy atom. The number of ether oxygens (including phenoxy) is 1. The molecule has 2 aliphatic rings. The monoisotopic (exact) mass is 510 g/mol. The molecule has 2 aliphatic heterocycles. The van der Waals surface area contributed by atoms with Gasteiger partial charge >= 0.3 is 0 Å². The molecule has 2 aromatic carbocycles. The van der Waals surface area contributed by atoms with Gasteiger partial charge in [0.25, 0.3) is 5.91 Å². The van der Waals surface area contributed by atoms with Crippen LogP contribution in [-0.4, -0.2) is 44.3 Å². The summed E-state index contributed by atoms with van der Waals surface area (Å²) in [5, 5.41) is 4.03. The third kappa shape index (κ3) is 5.26. The van der Waals surface area contributed by atoms with Crippen LogP contribution in [-0.2, 0) is 14.6 Å². The van der Waals surface area contributed by atoms with Gasteiger partial charge in [0.15, 0.2) is 15.4 Å². The lowest BCUT2D eigenvalue weighted by atomic mass is 9.95. The van der Waals surface area contributed by atoms with Gasteiger partial charge in [0.2, 0.25) is 0 Å². The second-order valence-electron chi connectivity index (χ2n) is 9.39. The lowest BCUT2D eigenvalue weighted by Crippen LogP contribution is -2.55. The summed E-state index contributed by atoms with van der Waals surface area (Å²) in [4.78, 5) is 15.8. The number of carbonyl (C=O) groups excluding carboxylic acids is 1. The topological polar surface area (TPSA) is 75.7 Å². The molecule has 1 amide bonds. The number of rotatable bonds is 6. The van der Waals surface area contributed by atoms with Gasteiger partial charge in [0, 0.05) is 35.1 Å². The fourth-order valence-electron chi connectivity index (χ4n) is 4.82. The van der Waals surface area contributed by atoms with Gasteiger partial charge in [-0.05, 0) is 82.0 Å². The summed E-state index contributed by atoms with van der Waals surface area (Å²) >= 11 is 12.2. The largest absolute Gasteiger partial charge is 0.476 e. The maximum Gasteiger partial charge on any atom is 0.263 e. The van der Waals surface area contributed by atoms with E-state index in [4.69, 9.17) is 27.9 Å². The van der Waals surface area contributed by atoms with Gasteiger partial charge < -0.3 is 15.0 Å². The van der Waals surface area contributed by atoms with Crippen molar-refractivity contribution >= 4 is 44.6 Å². The zero-order chi connectivity index (χ0) is 24.0. The average molecular weight is 511 g/mol. The molecule has 0 radical (unpaired) electrons. The molecule has 2 fully saturated rings. The highest BCUT2D eigenvalue weighted by Gasteiger charge is 2.42. The minimum Gasteiger partial charge on any atom is -0.476 e. The van der Waals surface area contributed by atoms with Gasteiger partial charge in [-0.1, -0.05) is 23.2 Å². The van der Waals surface area contributed by atoms with Gasteiger partial charge in [-0.3, -0.25) is 4.79 Å². The van der Waals surface area contributed by atoms with Crippen molar-refractivity contribution in [1.29, 1.82) is 0 Å². The minimum absolute atomic E-state index is 0.0464. The summed E-state index contributed by atoms with van der Waals surface area (Å²) in [6.45, 7) is 3.45. The number of hydrogen-bond donors (Lipinski definition) is 1. The standard InChI is InChI=1S/C24H28Cl2N2O4S/c1-24(2,32-22-11-4-15(25)12-21(22)26)23(29)27-16-13-18-5-6-19(14-16)28(18)17-7-9-20(10-8-17)33(3,30)31/h4,7-12,16,18-19H,5-6,13-14H2,1-3H3,(H,27,29)/t16?,18-,19+. The van der Waals surface area contributed by atoms with Crippen LogP contribution in [0, 0.1) is 0 Å². The Hall–Kier alpha value is -1.96. The van der Waals surface area contributed by atoms with Gasteiger partial charge in [-0.2, -0.15) is 0 Å². The average Bonchev–Trinajstić information content (AvgIpc) is 3.00. The number of piperidine rings is 1. The molecule has 2 aromatic rings. The van der Waals surface area contributed by atoms with Gasteiger partial charge in [-0.15, -0.1) is 0 Å². The number of halogens is 2. The molecule has 33 heavy (non-hydrogen) atoms. The molecular formula is C24H28Cl2N2O4S. The highest BCUT2D eigenvalue weighted by molar-refractivity contribution is 7.90. The second kappa shape index (κ2) is 9.01. The molecule has 9 heteroatoms. The molecule has 4 rings (SSSR count). The number of fused-ring (bicyclic) bond motifs is 2. The quantitative estimate of drug-likeness (QED) is 0.599. The second-order valence-corrected chi connectivity index (χ2v) is 12.2. The summed E-state index contributed by atoms with van der Waals surface area (Å²) in [6.07, 6.45) is 4.96. The van der Waals surface area contributed by atoms with Crippen molar-refractivity contribution < 1.29 is 17.9 Å². The third-order valence-electron chi connectivity index (χ3n) is 6.44. The predicted octanol–water partition coefficient (Wildman–Crippen LogP) is 4.87. The molecule has 178 valence electrons. The Morgan fingerprint density at radius 1 is 1.06 bits per heavy atom. The van der Waals surface area contributed by atoms with E-state index in [9.17, 15) is 13.2 Å². The highest BCUT2D eigenvalue weighted by atomic mass is 35.5. The van der Waals surface area contributed by atoms with Crippen molar-refractivity contribution in [2.45, 2.75) is 68.2 Å². The van der Waals surface area contributed by atoms with Crippen LogP contribution >= 0.6 is 23.2 Å². The summed E-state index contributed by atoms with van der Waals surface area (Å²) in [7, 11) is -3.22. The number of nitrogens with one attached hydrogen (secondary N) is 1. The zero-order valence-electron chi connectivity index (χ0n) is 18.8. The maximum absolute atomic E-state index is 13.1. The smallest absolute Gasteiger partial charge is 0.263 e. The van der Waals surface area contributed by atoms with E-state index in [1.54, 1.807) is 44.2 Å². The van der Waals surface area contributed by atoms with Crippen LogP contribution < -0.4 is 15.0 Å². The number of nitrogens with zero attached hydrogens (tertiary/aromatic N) is 1. The molecule has 3 atom stereocenters. The Labute approximate surface area is 205 Å². The predicted molar refractivity (Wildman–Crippen MR) is 131 cm³/mol.